The van der Waals surface area contributed by atoms with Crippen molar-refractivity contribution < 1.29 is 27.4 Å². The molecule has 0 aliphatic carbocycles. The van der Waals surface area contributed by atoms with Crippen LogP contribution < -0.4 is 4.74 Å². The van der Waals surface area contributed by atoms with E-state index in [0.717, 1.165) is 37.8 Å². The SMILES string of the molecule is C=CC(=O)OCCCCCCOc1ccc(C#Cc2ccc(C#Cc3ccc(C#N)cc3)c(C(F)(F)F)c2)cc1. The molecule has 0 N–H and O–H groups in total. The van der Waals surface area contributed by atoms with E-state index in [0.29, 0.717) is 35.7 Å². The summed E-state index contributed by atoms with van der Waals surface area (Å²) in [7, 11) is 0. The molecule has 3 rings (SSSR count). The van der Waals surface area contributed by atoms with Crippen molar-refractivity contribution in [2.75, 3.05) is 13.2 Å². The van der Waals surface area contributed by atoms with Gasteiger partial charge >= 0.3 is 12.1 Å². The van der Waals surface area contributed by atoms with E-state index in [1.54, 1.807) is 48.5 Å². The van der Waals surface area contributed by atoms with Crippen LogP contribution in [0, 0.1) is 35.0 Å². The summed E-state index contributed by atoms with van der Waals surface area (Å²) in [6.07, 6.45) is 0.0458. The summed E-state index contributed by atoms with van der Waals surface area (Å²) in [4.78, 5) is 11.0. The van der Waals surface area contributed by atoms with Crippen molar-refractivity contribution in [3.8, 4) is 35.5 Å². The summed E-state index contributed by atoms with van der Waals surface area (Å²) in [6.45, 7) is 4.26. The average Bonchev–Trinajstić information content (AvgIpc) is 2.96. The number of rotatable bonds is 9. The van der Waals surface area contributed by atoms with Gasteiger partial charge in [0.1, 0.15) is 5.75 Å². The number of alkyl halides is 3. The van der Waals surface area contributed by atoms with Crippen molar-refractivity contribution in [2.45, 2.75) is 31.9 Å². The normalized spacial score (nSPS) is 10.2. The molecule has 0 amide bonds. The topological polar surface area (TPSA) is 59.3 Å². The summed E-state index contributed by atoms with van der Waals surface area (Å²) >= 11 is 0. The summed E-state index contributed by atoms with van der Waals surface area (Å²) in [5.74, 6) is 11.2. The molecule has 0 spiro atoms. The fourth-order valence-corrected chi connectivity index (χ4v) is 3.49. The number of carbonyl (C=O) groups is 1. The van der Waals surface area contributed by atoms with E-state index in [1.807, 2.05) is 6.07 Å². The lowest BCUT2D eigenvalue weighted by molar-refractivity contribution is -0.138. The second-order valence-electron chi connectivity index (χ2n) is 8.61. The highest BCUT2D eigenvalue weighted by Crippen LogP contribution is 2.32. The molecular weight excluding hydrogens is 515 g/mol. The van der Waals surface area contributed by atoms with Crippen molar-refractivity contribution in [3.05, 3.63) is 113 Å². The Morgan fingerprint density at radius 3 is 1.95 bits per heavy atom. The first-order valence-electron chi connectivity index (χ1n) is 12.6. The quantitative estimate of drug-likeness (QED) is 0.126. The molecule has 202 valence electrons. The van der Waals surface area contributed by atoms with Gasteiger partial charge in [0, 0.05) is 28.3 Å². The molecule has 0 unspecified atom stereocenters. The molecule has 40 heavy (non-hydrogen) atoms. The zero-order valence-corrected chi connectivity index (χ0v) is 21.7. The molecule has 3 aromatic carbocycles. The lowest BCUT2D eigenvalue weighted by Crippen LogP contribution is -2.08. The minimum Gasteiger partial charge on any atom is -0.494 e. The van der Waals surface area contributed by atoms with Crippen molar-refractivity contribution in [2.24, 2.45) is 0 Å². The number of esters is 1. The van der Waals surface area contributed by atoms with Gasteiger partial charge in [0.25, 0.3) is 0 Å². The smallest absolute Gasteiger partial charge is 0.417 e. The molecule has 0 aliphatic heterocycles. The number of nitriles is 1. The van der Waals surface area contributed by atoms with E-state index >= 15 is 0 Å². The number of ether oxygens (including phenoxy) is 2. The van der Waals surface area contributed by atoms with Crippen LogP contribution in [0.25, 0.3) is 0 Å². The van der Waals surface area contributed by atoms with Crippen LogP contribution in [0.2, 0.25) is 0 Å². The number of carbonyl (C=O) groups excluding carboxylic acids is 1. The average molecular weight is 542 g/mol. The summed E-state index contributed by atoms with van der Waals surface area (Å²) in [5.41, 5.74) is 0.797. The van der Waals surface area contributed by atoms with Crippen LogP contribution in [0.15, 0.2) is 79.4 Å². The van der Waals surface area contributed by atoms with Gasteiger partial charge in [-0.15, -0.1) is 0 Å². The minimum absolute atomic E-state index is 0.153. The van der Waals surface area contributed by atoms with Gasteiger partial charge < -0.3 is 9.47 Å². The fraction of sp³-hybridized carbons (Fsp3) is 0.212. The van der Waals surface area contributed by atoms with Gasteiger partial charge in [0.05, 0.1) is 30.4 Å². The predicted octanol–water partition coefficient (Wildman–Crippen LogP) is 7.05. The number of nitrogens with zero attached hydrogens (tertiary/aromatic N) is 1. The van der Waals surface area contributed by atoms with Crippen LogP contribution in [0.1, 0.15) is 59.1 Å². The van der Waals surface area contributed by atoms with E-state index in [9.17, 15) is 18.0 Å². The van der Waals surface area contributed by atoms with Gasteiger partial charge in [-0.05, 0) is 92.4 Å². The van der Waals surface area contributed by atoms with Gasteiger partial charge in [-0.1, -0.05) is 30.3 Å². The molecule has 3 aromatic rings. The van der Waals surface area contributed by atoms with Crippen LogP contribution >= 0.6 is 0 Å². The first kappa shape index (κ1) is 29.6. The summed E-state index contributed by atoms with van der Waals surface area (Å²) in [6, 6.07) is 19.1. The highest BCUT2D eigenvalue weighted by Gasteiger charge is 2.33. The Balaban J connectivity index is 1.57. The van der Waals surface area contributed by atoms with E-state index in [-0.39, 0.29) is 11.1 Å². The number of unbranched alkanes of at least 4 members (excludes halogenated alkanes) is 3. The molecule has 0 aliphatic rings. The van der Waals surface area contributed by atoms with E-state index in [2.05, 4.69) is 30.3 Å². The molecule has 0 aromatic heterocycles. The maximum atomic E-state index is 13.7. The van der Waals surface area contributed by atoms with Crippen molar-refractivity contribution in [1.82, 2.24) is 0 Å². The maximum absolute atomic E-state index is 13.7. The van der Waals surface area contributed by atoms with Crippen molar-refractivity contribution >= 4 is 5.97 Å². The monoisotopic (exact) mass is 541 g/mol. The summed E-state index contributed by atoms with van der Waals surface area (Å²) in [5, 5.41) is 8.86. The third-order valence-corrected chi connectivity index (χ3v) is 5.60. The molecule has 0 saturated heterocycles. The number of halogens is 3. The molecule has 4 nitrogen and oxygen atoms in total. The molecule has 0 radical (unpaired) electrons. The highest BCUT2D eigenvalue weighted by atomic mass is 19.4. The third kappa shape index (κ3) is 9.75. The minimum atomic E-state index is -4.59. The lowest BCUT2D eigenvalue weighted by Gasteiger charge is -2.09. The van der Waals surface area contributed by atoms with Gasteiger partial charge in [-0.2, -0.15) is 18.4 Å². The second-order valence-corrected chi connectivity index (χ2v) is 8.61. The van der Waals surface area contributed by atoms with Gasteiger partial charge in [0.15, 0.2) is 0 Å². The van der Waals surface area contributed by atoms with Crippen molar-refractivity contribution in [3.63, 3.8) is 0 Å². The van der Waals surface area contributed by atoms with Gasteiger partial charge in [-0.3, -0.25) is 0 Å². The first-order chi connectivity index (χ1) is 19.3. The van der Waals surface area contributed by atoms with Gasteiger partial charge in [0.2, 0.25) is 0 Å². The Morgan fingerprint density at radius 1 is 0.775 bits per heavy atom. The van der Waals surface area contributed by atoms with E-state index < -0.39 is 17.7 Å². The Labute approximate surface area is 232 Å². The first-order valence-corrected chi connectivity index (χ1v) is 12.6. The maximum Gasteiger partial charge on any atom is 0.417 e. The fourth-order valence-electron chi connectivity index (χ4n) is 3.49. The van der Waals surface area contributed by atoms with Crippen LogP contribution in [0.4, 0.5) is 13.2 Å². The van der Waals surface area contributed by atoms with E-state index in [1.165, 1.54) is 12.1 Å². The van der Waals surface area contributed by atoms with Crippen LogP contribution in [0.3, 0.4) is 0 Å². The molecule has 0 fully saturated rings. The standard InChI is InChI=1S/C33H26F3NO3/c1-2-32(38)40-22-6-4-3-5-21-39-30-19-15-26(16-20-30)7-10-27-14-18-29(31(23-27)33(34,35)36)17-13-25-8-11-28(24-37)12-9-25/h2,8-9,11-12,14-16,18-20,23H,1,3-6,21-22H2. The zero-order valence-electron chi connectivity index (χ0n) is 21.7. The molecular formula is C33H26F3NO3. The summed E-state index contributed by atoms with van der Waals surface area (Å²) < 4.78 is 51.8. The van der Waals surface area contributed by atoms with Crippen LogP contribution in [-0.2, 0) is 15.7 Å². The number of benzene rings is 3. The number of hydrogen-bond acceptors (Lipinski definition) is 4. The van der Waals surface area contributed by atoms with Crippen molar-refractivity contribution in [1.29, 1.82) is 5.26 Å². The van der Waals surface area contributed by atoms with Crippen LogP contribution in [0.5, 0.6) is 5.75 Å². The molecule has 0 saturated carbocycles. The second kappa shape index (κ2) is 14.9. The Kier molecular flexibility index (Phi) is 11.0. The van der Waals surface area contributed by atoms with Gasteiger partial charge in [-0.25, -0.2) is 4.79 Å². The predicted molar refractivity (Wildman–Crippen MR) is 146 cm³/mol. The Hall–Kier alpha value is -4.93. The zero-order chi connectivity index (χ0) is 28.8. The Bertz CT molecular complexity index is 1480. The Morgan fingerprint density at radius 2 is 1.32 bits per heavy atom. The number of hydrogen-bond donors (Lipinski definition) is 0. The molecule has 0 atom stereocenters. The van der Waals surface area contributed by atoms with Crippen LogP contribution in [-0.4, -0.2) is 19.2 Å². The largest absolute Gasteiger partial charge is 0.494 e. The molecule has 0 bridgehead atoms. The molecule has 0 heterocycles. The highest BCUT2D eigenvalue weighted by molar-refractivity contribution is 5.81. The molecule has 7 heteroatoms. The van der Waals surface area contributed by atoms with E-state index in [4.69, 9.17) is 14.7 Å². The third-order valence-electron chi connectivity index (χ3n) is 5.60. The lowest BCUT2D eigenvalue weighted by atomic mass is 10.0.